The molecule has 0 bridgehead atoms. The minimum absolute atomic E-state index is 0.209. The molecular formula is C24H27NO3. The molecule has 0 radical (unpaired) electrons. The number of rotatable bonds is 6. The Morgan fingerprint density at radius 1 is 1.00 bits per heavy atom. The van der Waals surface area contributed by atoms with E-state index >= 15 is 0 Å². The third-order valence-electron chi connectivity index (χ3n) is 6.15. The molecule has 4 rings (SSSR count). The quantitative estimate of drug-likeness (QED) is 0.697. The molecule has 1 N–H and O–H groups in total. The molecular weight excluding hydrogens is 350 g/mol. The van der Waals surface area contributed by atoms with Crippen LogP contribution in [0.4, 0.5) is 0 Å². The summed E-state index contributed by atoms with van der Waals surface area (Å²) in [5, 5.41) is 8.90. The summed E-state index contributed by atoms with van der Waals surface area (Å²) in [5.74, 6) is -0.308. The van der Waals surface area contributed by atoms with Crippen LogP contribution in [0.15, 0.2) is 42.5 Å². The molecule has 28 heavy (non-hydrogen) atoms. The van der Waals surface area contributed by atoms with E-state index in [1.165, 1.54) is 27.8 Å². The maximum atomic E-state index is 12.5. The highest BCUT2D eigenvalue weighted by Gasteiger charge is 2.24. The van der Waals surface area contributed by atoms with Crippen molar-refractivity contribution in [3.8, 4) is 11.1 Å². The summed E-state index contributed by atoms with van der Waals surface area (Å²) in [5.41, 5.74) is 6.78. The average molecular weight is 377 g/mol. The van der Waals surface area contributed by atoms with E-state index in [9.17, 15) is 9.59 Å². The molecule has 0 saturated carbocycles. The van der Waals surface area contributed by atoms with Gasteiger partial charge in [0.15, 0.2) is 0 Å². The number of piperidine rings is 1. The van der Waals surface area contributed by atoms with Crippen LogP contribution in [0.5, 0.6) is 0 Å². The lowest BCUT2D eigenvalue weighted by atomic mass is 9.93. The lowest BCUT2D eigenvalue weighted by molar-refractivity contribution is -0.138. The van der Waals surface area contributed by atoms with Gasteiger partial charge in [-0.2, -0.15) is 0 Å². The van der Waals surface area contributed by atoms with E-state index in [1.807, 2.05) is 4.90 Å². The Balaban J connectivity index is 1.27. The third-order valence-corrected chi connectivity index (χ3v) is 6.15. The number of carbonyl (C=O) groups is 2. The van der Waals surface area contributed by atoms with Gasteiger partial charge in [0.25, 0.3) is 0 Å². The van der Waals surface area contributed by atoms with Gasteiger partial charge in [0.2, 0.25) is 5.91 Å². The average Bonchev–Trinajstić information content (AvgIpc) is 3.06. The summed E-state index contributed by atoms with van der Waals surface area (Å²) < 4.78 is 0. The maximum Gasteiger partial charge on any atom is 0.303 e. The van der Waals surface area contributed by atoms with Crippen molar-refractivity contribution in [3.63, 3.8) is 0 Å². The molecule has 1 saturated heterocycles. The first-order valence-corrected chi connectivity index (χ1v) is 10.3. The molecule has 0 spiro atoms. The molecule has 1 aliphatic carbocycles. The fourth-order valence-corrected chi connectivity index (χ4v) is 4.56. The number of hydrogen-bond acceptors (Lipinski definition) is 2. The molecule has 1 amide bonds. The van der Waals surface area contributed by atoms with Crippen molar-refractivity contribution in [1.29, 1.82) is 0 Å². The Morgan fingerprint density at radius 3 is 2.54 bits per heavy atom. The minimum atomic E-state index is -0.734. The molecule has 4 heteroatoms. The van der Waals surface area contributed by atoms with E-state index in [2.05, 4.69) is 42.5 Å². The summed E-state index contributed by atoms with van der Waals surface area (Å²) in [6.07, 6.45) is 5.19. The predicted molar refractivity (Wildman–Crippen MR) is 109 cm³/mol. The molecule has 1 heterocycles. The number of fused-ring (bicyclic) bond motifs is 3. The first-order chi connectivity index (χ1) is 13.6. The summed E-state index contributed by atoms with van der Waals surface area (Å²) >= 11 is 0. The van der Waals surface area contributed by atoms with E-state index in [0.717, 1.165) is 32.1 Å². The molecule has 0 aromatic heterocycles. The fraction of sp³-hybridized carbons (Fsp3) is 0.417. The topological polar surface area (TPSA) is 57.6 Å². The van der Waals surface area contributed by atoms with Gasteiger partial charge in [-0.05, 0) is 65.8 Å². The van der Waals surface area contributed by atoms with Crippen LogP contribution < -0.4 is 0 Å². The van der Waals surface area contributed by atoms with Crippen molar-refractivity contribution in [2.45, 2.75) is 44.9 Å². The maximum absolute atomic E-state index is 12.5. The van der Waals surface area contributed by atoms with Gasteiger partial charge in [0.1, 0.15) is 0 Å². The van der Waals surface area contributed by atoms with Gasteiger partial charge in [-0.3, -0.25) is 9.59 Å². The van der Waals surface area contributed by atoms with E-state index in [-0.39, 0.29) is 18.2 Å². The number of aryl methyl sites for hydroxylation is 1. The van der Waals surface area contributed by atoms with Crippen LogP contribution in [0, 0.1) is 5.92 Å². The second kappa shape index (κ2) is 8.17. The molecule has 2 aliphatic rings. The number of hydrogen-bond donors (Lipinski definition) is 1. The first-order valence-electron chi connectivity index (χ1n) is 10.3. The molecule has 1 aliphatic heterocycles. The molecule has 2 aromatic carbocycles. The Bertz CT molecular complexity index is 881. The monoisotopic (exact) mass is 377 g/mol. The first kappa shape index (κ1) is 18.7. The zero-order chi connectivity index (χ0) is 19.5. The zero-order valence-corrected chi connectivity index (χ0v) is 16.2. The van der Waals surface area contributed by atoms with Crippen molar-refractivity contribution in [3.05, 3.63) is 59.2 Å². The minimum Gasteiger partial charge on any atom is -0.481 e. The summed E-state index contributed by atoms with van der Waals surface area (Å²) in [7, 11) is 0. The van der Waals surface area contributed by atoms with Gasteiger partial charge < -0.3 is 10.0 Å². The normalized spacial score (nSPS) is 15.9. The largest absolute Gasteiger partial charge is 0.481 e. The summed E-state index contributed by atoms with van der Waals surface area (Å²) in [4.78, 5) is 25.2. The Labute approximate surface area is 166 Å². The lowest BCUT2D eigenvalue weighted by Crippen LogP contribution is -2.38. The third kappa shape index (κ3) is 4.11. The second-order valence-electron chi connectivity index (χ2n) is 8.10. The smallest absolute Gasteiger partial charge is 0.303 e. The van der Waals surface area contributed by atoms with E-state index in [4.69, 9.17) is 5.11 Å². The summed E-state index contributed by atoms with van der Waals surface area (Å²) in [6, 6.07) is 15.3. The molecule has 0 unspecified atom stereocenters. The van der Waals surface area contributed by atoms with Crippen LogP contribution >= 0.6 is 0 Å². The van der Waals surface area contributed by atoms with Crippen molar-refractivity contribution in [2.24, 2.45) is 5.92 Å². The number of carboxylic acids is 1. The Hall–Kier alpha value is -2.62. The number of likely N-dealkylation sites (tertiary alicyclic amines) is 1. The fourth-order valence-electron chi connectivity index (χ4n) is 4.56. The van der Waals surface area contributed by atoms with Crippen molar-refractivity contribution < 1.29 is 14.7 Å². The number of carboxylic acid groups (broad SMARTS) is 1. The van der Waals surface area contributed by atoms with Gasteiger partial charge in [-0.1, -0.05) is 42.5 Å². The van der Waals surface area contributed by atoms with Crippen molar-refractivity contribution >= 4 is 11.9 Å². The number of benzene rings is 2. The molecule has 1 fully saturated rings. The Morgan fingerprint density at radius 2 is 1.75 bits per heavy atom. The van der Waals surface area contributed by atoms with Crippen LogP contribution in [0.2, 0.25) is 0 Å². The highest BCUT2D eigenvalue weighted by atomic mass is 16.4. The van der Waals surface area contributed by atoms with E-state index in [1.54, 1.807) is 0 Å². The van der Waals surface area contributed by atoms with Gasteiger partial charge in [-0.15, -0.1) is 0 Å². The lowest BCUT2D eigenvalue weighted by Gasteiger charge is -2.31. The van der Waals surface area contributed by atoms with Crippen LogP contribution in [-0.4, -0.2) is 35.0 Å². The molecule has 146 valence electrons. The number of aliphatic carboxylic acids is 1. The Kier molecular flexibility index (Phi) is 5.47. The second-order valence-corrected chi connectivity index (χ2v) is 8.10. The number of nitrogens with zero attached hydrogens (tertiary/aromatic N) is 1. The highest BCUT2D eigenvalue weighted by Crippen LogP contribution is 2.37. The van der Waals surface area contributed by atoms with Gasteiger partial charge >= 0.3 is 5.97 Å². The zero-order valence-electron chi connectivity index (χ0n) is 16.2. The van der Waals surface area contributed by atoms with Gasteiger partial charge in [-0.25, -0.2) is 0 Å². The highest BCUT2D eigenvalue weighted by molar-refractivity contribution is 5.77. The van der Waals surface area contributed by atoms with Crippen molar-refractivity contribution in [1.82, 2.24) is 4.90 Å². The van der Waals surface area contributed by atoms with Gasteiger partial charge in [0, 0.05) is 25.9 Å². The number of carbonyl (C=O) groups excluding carboxylic acids is 1. The SMILES string of the molecule is O=C(O)CC1CCN(C(=O)CCCc2ccc3c(c2)-c2ccccc2C3)CC1. The standard InChI is InChI=1S/C24H27NO3/c26-23(25-12-10-18(11-13-25)15-24(27)28)7-3-4-17-8-9-20-16-19-5-1-2-6-21(19)22(20)14-17/h1-2,5-6,8-9,14,18H,3-4,7,10-13,15-16H2,(H,27,28). The predicted octanol–water partition coefficient (Wildman–Crippen LogP) is 4.29. The van der Waals surface area contributed by atoms with Crippen molar-refractivity contribution in [2.75, 3.05) is 13.1 Å². The van der Waals surface area contributed by atoms with Crippen LogP contribution in [0.3, 0.4) is 0 Å². The molecule has 0 atom stereocenters. The molecule has 2 aromatic rings. The van der Waals surface area contributed by atoms with Crippen LogP contribution in [0.1, 0.15) is 48.8 Å². The van der Waals surface area contributed by atoms with Crippen LogP contribution in [-0.2, 0) is 22.4 Å². The van der Waals surface area contributed by atoms with E-state index < -0.39 is 5.97 Å². The van der Waals surface area contributed by atoms with E-state index in [0.29, 0.717) is 19.5 Å². The van der Waals surface area contributed by atoms with Gasteiger partial charge in [0.05, 0.1) is 0 Å². The van der Waals surface area contributed by atoms with Crippen LogP contribution in [0.25, 0.3) is 11.1 Å². The number of amides is 1. The summed E-state index contributed by atoms with van der Waals surface area (Å²) in [6.45, 7) is 1.40. The molecule has 4 nitrogen and oxygen atoms in total.